The molecule has 0 radical (unpaired) electrons. The number of anilines is 1. The second kappa shape index (κ2) is 7.96. The molecule has 1 heterocycles. The van der Waals surface area contributed by atoms with Gasteiger partial charge in [0.25, 0.3) is 5.91 Å². The maximum absolute atomic E-state index is 12.5. The lowest BCUT2D eigenvalue weighted by Gasteiger charge is -2.16. The highest BCUT2D eigenvalue weighted by molar-refractivity contribution is 5.99. The molecule has 2 aromatic rings. The van der Waals surface area contributed by atoms with Crippen LogP contribution in [0.15, 0.2) is 30.5 Å². The molecule has 1 aliphatic rings. The van der Waals surface area contributed by atoms with E-state index >= 15 is 0 Å². The average molecular weight is 381 g/mol. The molecule has 148 valence electrons. The topological polar surface area (TPSA) is 78.4 Å². The molecule has 0 bridgehead atoms. The minimum atomic E-state index is -0.143. The summed E-state index contributed by atoms with van der Waals surface area (Å²) >= 11 is 0. The van der Waals surface area contributed by atoms with E-state index in [1.807, 2.05) is 38.4 Å². The largest absolute Gasteiger partial charge is 0.352 e. The summed E-state index contributed by atoms with van der Waals surface area (Å²) in [5, 5.41) is 2.99. The Morgan fingerprint density at radius 3 is 2.32 bits per heavy atom. The van der Waals surface area contributed by atoms with Crippen molar-refractivity contribution in [2.24, 2.45) is 11.8 Å². The molecule has 1 fully saturated rings. The van der Waals surface area contributed by atoms with E-state index in [0.29, 0.717) is 29.7 Å². The fourth-order valence-electron chi connectivity index (χ4n) is 2.99. The maximum Gasteiger partial charge on any atom is 0.257 e. The summed E-state index contributed by atoms with van der Waals surface area (Å²) in [6, 6.07) is 7.76. The molecule has 1 aliphatic carbocycles. The van der Waals surface area contributed by atoms with Gasteiger partial charge >= 0.3 is 0 Å². The highest BCUT2D eigenvalue weighted by Crippen LogP contribution is 2.37. The van der Waals surface area contributed by atoms with Gasteiger partial charge < -0.3 is 15.1 Å². The van der Waals surface area contributed by atoms with Gasteiger partial charge in [-0.1, -0.05) is 31.2 Å². The third-order valence-electron chi connectivity index (χ3n) is 4.95. The zero-order valence-electron chi connectivity index (χ0n) is 17.1. The van der Waals surface area contributed by atoms with Gasteiger partial charge in [-0.2, -0.15) is 0 Å². The molecule has 7 heteroatoms. The number of hydrogen-bond acceptors (Lipinski definition) is 5. The lowest BCUT2D eigenvalue weighted by Crippen LogP contribution is -2.25. The van der Waals surface area contributed by atoms with Crippen LogP contribution in [0.4, 0.5) is 5.95 Å². The van der Waals surface area contributed by atoms with Gasteiger partial charge in [0.2, 0.25) is 11.9 Å². The fraction of sp³-hybridized carbons (Fsp3) is 0.429. The molecule has 3 rings (SSSR count). The predicted octanol–water partition coefficient (Wildman–Crippen LogP) is 2.18. The van der Waals surface area contributed by atoms with Crippen molar-refractivity contribution in [3.8, 4) is 11.3 Å². The molecule has 1 N–H and O–H groups in total. The van der Waals surface area contributed by atoms with E-state index in [1.165, 1.54) is 4.90 Å². The Morgan fingerprint density at radius 2 is 1.79 bits per heavy atom. The maximum atomic E-state index is 12.5. The summed E-state index contributed by atoms with van der Waals surface area (Å²) in [7, 11) is 7.13. The quantitative estimate of drug-likeness (QED) is 0.830. The Bertz CT molecular complexity index is 877. The van der Waals surface area contributed by atoms with Gasteiger partial charge in [0.15, 0.2) is 0 Å². The van der Waals surface area contributed by atoms with Crippen LogP contribution < -0.4 is 10.2 Å². The first-order valence-corrected chi connectivity index (χ1v) is 9.41. The third-order valence-corrected chi connectivity index (χ3v) is 4.95. The predicted molar refractivity (Wildman–Crippen MR) is 109 cm³/mol. The number of nitrogens with one attached hydrogen (secondary N) is 1. The van der Waals surface area contributed by atoms with Crippen molar-refractivity contribution >= 4 is 17.8 Å². The van der Waals surface area contributed by atoms with Crippen molar-refractivity contribution in [1.82, 2.24) is 20.2 Å². The van der Waals surface area contributed by atoms with Crippen molar-refractivity contribution in [2.45, 2.75) is 19.9 Å². The van der Waals surface area contributed by atoms with Gasteiger partial charge in [-0.05, 0) is 17.9 Å². The summed E-state index contributed by atoms with van der Waals surface area (Å²) in [5.74, 6) is 1.19. The highest BCUT2D eigenvalue weighted by Gasteiger charge is 2.38. The van der Waals surface area contributed by atoms with Gasteiger partial charge in [0.05, 0.1) is 11.3 Å². The molecular formula is C21H27N5O2. The van der Waals surface area contributed by atoms with Crippen LogP contribution in [0.25, 0.3) is 11.3 Å². The van der Waals surface area contributed by atoms with Gasteiger partial charge in [0, 0.05) is 52.4 Å². The lowest BCUT2D eigenvalue weighted by molar-refractivity contribution is -0.122. The van der Waals surface area contributed by atoms with Crippen LogP contribution in [-0.2, 0) is 11.3 Å². The Hall–Kier alpha value is -2.96. The summed E-state index contributed by atoms with van der Waals surface area (Å²) in [6.07, 6.45) is 2.56. The summed E-state index contributed by atoms with van der Waals surface area (Å²) in [4.78, 5) is 36.7. The molecule has 0 saturated heterocycles. The SMILES string of the molecule is C[C@@H]1C[C@@H]1C(=O)NCc1ccc(-c2nc(N(C)C)ncc2C(=O)N(C)C)cc1. The minimum Gasteiger partial charge on any atom is -0.352 e. The van der Waals surface area contributed by atoms with Crippen molar-refractivity contribution in [2.75, 3.05) is 33.1 Å². The number of carbonyl (C=O) groups excluding carboxylic acids is 2. The molecule has 1 aromatic carbocycles. The van der Waals surface area contributed by atoms with Crippen LogP contribution in [0.3, 0.4) is 0 Å². The van der Waals surface area contributed by atoms with Crippen molar-refractivity contribution in [1.29, 1.82) is 0 Å². The van der Waals surface area contributed by atoms with Crippen molar-refractivity contribution in [3.63, 3.8) is 0 Å². The number of aromatic nitrogens is 2. The third kappa shape index (κ3) is 4.30. The van der Waals surface area contributed by atoms with E-state index in [9.17, 15) is 9.59 Å². The van der Waals surface area contributed by atoms with Crippen LogP contribution >= 0.6 is 0 Å². The highest BCUT2D eigenvalue weighted by atomic mass is 16.2. The van der Waals surface area contributed by atoms with Gasteiger partial charge in [0.1, 0.15) is 0 Å². The fourth-order valence-corrected chi connectivity index (χ4v) is 2.99. The smallest absolute Gasteiger partial charge is 0.257 e. The number of nitrogens with zero attached hydrogens (tertiary/aromatic N) is 4. The van der Waals surface area contributed by atoms with Crippen molar-refractivity contribution < 1.29 is 9.59 Å². The molecule has 1 aromatic heterocycles. The number of amides is 2. The van der Waals surface area contributed by atoms with Gasteiger partial charge in [-0.3, -0.25) is 9.59 Å². The van der Waals surface area contributed by atoms with E-state index in [0.717, 1.165) is 17.5 Å². The Kier molecular flexibility index (Phi) is 5.63. The van der Waals surface area contributed by atoms with Crippen LogP contribution in [0, 0.1) is 11.8 Å². The number of hydrogen-bond donors (Lipinski definition) is 1. The zero-order chi connectivity index (χ0) is 20.4. The molecule has 0 spiro atoms. The molecule has 2 amide bonds. The Labute approximate surface area is 165 Å². The first-order valence-electron chi connectivity index (χ1n) is 9.41. The molecule has 2 atom stereocenters. The normalized spacial score (nSPS) is 17.8. The molecule has 1 saturated carbocycles. The van der Waals surface area contributed by atoms with Gasteiger partial charge in [-0.25, -0.2) is 9.97 Å². The van der Waals surface area contributed by atoms with E-state index in [2.05, 4.69) is 22.2 Å². The summed E-state index contributed by atoms with van der Waals surface area (Å²) in [6.45, 7) is 2.59. The van der Waals surface area contributed by atoms with E-state index in [1.54, 1.807) is 25.2 Å². The molecule has 0 aliphatic heterocycles. The Balaban J connectivity index is 1.82. The molecule has 28 heavy (non-hydrogen) atoms. The summed E-state index contributed by atoms with van der Waals surface area (Å²) in [5.41, 5.74) is 2.90. The second-order valence-corrected chi connectivity index (χ2v) is 7.76. The van der Waals surface area contributed by atoms with Crippen molar-refractivity contribution in [3.05, 3.63) is 41.6 Å². The first-order chi connectivity index (χ1) is 13.3. The van der Waals surface area contributed by atoms with Crippen LogP contribution in [0.5, 0.6) is 0 Å². The van der Waals surface area contributed by atoms with E-state index < -0.39 is 0 Å². The number of benzene rings is 1. The van der Waals surface area contributed by atoms with Crippen LogP contribution in [0.1, 0.15) is 29.3 Å². The molecule has 0 unspecified atom stereocenters. The average Bonchev–Trinajstić information content (AvgIpc) is 3.42. The number of rotatable bonds is 6. The van der Waals surface area contributed by atoms with Crippen LogP contribution in [-0.4, -0.2) is 54.9 Å². The lowest BCUT2D eigenvalue weighted by atomic mass is 10.0. The summed E-state index contributed by atoms with van der Waals surface area (Å²) < 4.78 is 0. The van der Waals surface area contributed by atoms with Crippen LogP contribution in [0.2, 0.25) is 0 Å². The standard InChI is InChI=1S/C21H27N5O2/c1-13-10-16(13)19(27)22-11-14-6-8-15(9-7-14)18-17(20(28)25(2)3)12-23-21(24-18)26(4)5/h6-9,12-13,16H,10-11H2,1-5H3,(H,22,27)/t13-,16+/m1/s1. The van der Waals surface area contributed by atoms with E-state index in [4.69, 9.17) is 0 Å². The second-order valence-electron chi connectivity index (χ2n) is 7.76. The molecule has 7 nitrogen and oxygen atoms in total. The Morgan fingerprint density at radius 1 is 1.14 bits per heavy atom. The van der Waals surface area contributed by atoms with Gasteiger partial charge in [-0.15, -0.1) is 0 Å². The van der Waals surface area contributed by atoms with E-state index in [-0.39, 0.29) is 17.7 Å². The molecular weight excluding hydrogens is 354 g/mol. The minimum absolute atomic E-state index is 0.127. The monoisotopic (exact) mass is 381 g/mol. The zero-order valence-corrected chi connectivity index (χ0v) is 17.1. The number of carbonyl (C=O) groups is 2. The first kappa shape index (κ1) is 19.8.